The second kappa shape index (κ2) is 4.47. The summed E-state index contributed by atoms with van der Waals surface area (Å²) in [5, 5.41) is 10.1. The Bertz CT molecular complexity index is 480. The minimum Gasteiger partial charge on any atom is -0.386 e. The van der Waals surface area contributed by atoms with Crippen molar-refractivity contribution in [3.63, 3.8) is 0 Å². The molecule has 0 unspecified atom stereocenters. The molecule has 0 aliphatic carbocycles. The molecule has 1 N–H and O–H groups in total. The number of aryl methyl sites for hydroxylation is 1. The third kappa shape index (κ3) is 2.47. The number of aliphatic hydroxyl groups excluding tert-OH is 1. The molecule has 0 aromatic heterocycles. The minimum absolute atomic E-state index is 0.618. The predicted molar refractivity (Wildman–Crippen MR) is 68.3 cm³/mol. The number of rotatable bonds is 3. The highest BCUT2D eigenvalue weighted by atomic mass is 79.9. The van der Waals surface area contributed by atoms with Crippen LogP contribution in [-0.4, -0.2) is 23.4 Å². The first-order valence-electron chi connectivity index (χ1n) is 4.80. The largest absolute Gasteiger partial charge is 0.386 e. The number of sulfone groups is 1. The number of hydrogen-bond donors (Lipinski definition) is 1. The van der Waals surface area contributed by atoms with Crippen LogP contribution in [0.4, 0.5) is 0 Å². The van der Waals surface area contributed by atoms with Crippen LogP contribution in [0.15, 0.2) is 24.3 Å². The number of aliphatic hydroxyl groups is 1. The normalized spacial score (nSPS) is 17.8. The van der Waals surface area contributed by atoms with E-state index in [0.717, 1.165) is 11.8 Å². The van der Waals surface area contributed by atoms with E-state index in [1.54, 1.807) is 12.1 Å². The molecule has 0 spiro atoms. The van der Waals surface area contributed by atoms with E-state index in [9.17, 15) is 13.5 Å². The van der Waals surface area contributed by atoms with Gasteiger partial charge in [0.2, 0.25) is 0 Å². The van der Waals surface area contributed by atoms with Crippen molar-refractivity contribution in [1.29, 1.82) is 0 Å². The molecule has 0 bridgehead atoms. The number of halogens is 1. The van der Waals surface area contributed by atoms with Gasteiger partial charge in [0.25, 0.3) is 0 Å². The summed E-state index contributed by atoms with van der Waals surface area (Å²) in [5.74, 6) is 0. The highest BCUT2D eigenvalue weighted by Crippen LogP contribution is 2.38. The van der Waals surface area contributed by atoms with Crippen molar-refractivity contribution >= 4 is 25.8 Å². The van der Waals surface area contributed by atoms with Gasteiger partial charge < -0.3 is 5.11 Å². The smallest absolute Gasteiger partial charge is 0.165 e. The Morgan fingerprint density at radius 1 is 1.38 bits per heavy atom. The van der Waals surface area contributed by atoms with Crippen LogP contribution in [0.1, 0.15) is 24.2 Å². The molecule has 1 aromatic rings. The van der Waals surface area contributed by atoms with Gasteiger partial charge in [-0.1, -0.05) is 40.2 Å². The van der Waals surface area contributed by atoms with Gasteiger partial charge in [0.05, 0.1) is 0 Å². The van der Waals surface area contributed by atoms with Crippen LogP contribution in [0, 0.1) is 6.92 Å². The van der Waals surface area contributed by atoms with Crippen molar-refractivity contribution in [2.75, 3.05) is 6.26 Å². The predicted octanol–water partition coefficient (Wildman–Crippen LogP) is 2.18. The summed E-state index contributed by atoms with van der Waals surface area (Å²) in [4.78, 5) is 0. The first kappa shape index (κ1) is 13.7. The number of hydrogen-bond acceptors (Lipinski definition) is 3. The van der Waals surface area contributed by atoms with E-state index < -0.39 is 19.6 Å². The molecule has 0 radical (unpaired) electrons. The first-order valence-corrected chi connectivity index (χ1v) is 7.48. The molecule has 2 atom stereocenters. The standard InChI is InChI=1S/C11H15BrO3S/c1-8-6-4-5-7-9(8)10(13)11(2,12)16(3,14)15/h4-7,10,13H,1-3H3/t10-,11-/m1/s1. The highest BCUT2D eigenvalue weighted by Gasteiger charge is 2.41. The zero-order valence-corrected chi connectivity index (χ0v) is 11.8. The summed E-state index contributed by atoms with van der Waals surface area (Å²) < 4.78 is 21.8. The van der Waals surface area contributed by atoms with Crippen LogP contribution in [0.2, 0.25) is 0 Å². The maximum Gasteiger partial charge on any atom is 0.165 e. The Hall–Kier alpha value is -0.390. The van der Waals surface area contributed by atoms with Gasteiger partial charge in [0, 0.05) is 6.26 Å². The van der Waals surface area contributed by atoms with Gasteiger partial charge in [0.1, 0.15) is 6.10 Å². The summed E-state index contributed by atoms with van der Waals surface area (Å²) >= 11 is 3.10. The van der Waals surface area contributed by atoms with Gasteiger partial charge in [-0.2, -0.15) is 0 Å². The molecule has 0 heterocycles. The molecule has 16 heavy (non-hydrogen) atoms. The van der Waals surface area contributed by atoms with Crippen LogP contribution in [0.5, 0.6) is 0 Å². The Morgan fingerprint density at radius 3 is 2.31 bits per heavy atom. The fourth-order valence-electron chi connectivity index (χ4n) is 1.37. The van der Waals surface area contributed by atoms with E-state index in [2.05, 4.69) is 15.9 Å². The fraction of sp³-hybridized carbons (Fsp3) is 0.455. The summed E-state index contributed by atoms with van der Waals surface area (Å²) in [6, 6.07) is 7.18. The highest BCUT2D eigenvalue weighted by molar-refractivity contribution is 9.11. The molecular formula is C11H15BrO3S. The lowest BCUT2D eigenvalue weighted by Crippen LogP contribution is -2.35. The maximum absolute atomic E-state index is 11.6. The van der Waals surface area contributed by atoms with Crippen molar-refractivity contribution in [3.8, 4) is 0 Å². The van der Waals surface area contributed by atoms with Gasteiger partial charge in [-0.25, -0.2) is 8.42 Å². The van der Waals surface area contributed by atoms with E-state index in [-0.39, 0.29) is 0 Å². The van der Waals surface area contributed by atoms with Crippen molar-refractivity contribution in [2.45, 2.75) is 23.6 Å². The summed E-state index contributed by atoms with van der Waals surface area (Å²) in [6.07, 6.45) is 0.00664. The van der Waals surface area contributed by atoms with Crippen LogP contribution in [0.25, 0.3) is 0 Å². The molecule has 1 aromatic carbocycles. The lowest BCUT2D eigenvalue weighted by Gasteiger charge is -2.27. The third-order valence-corrected chi connectivity index (χ3v) is 6.57. The third-order valence-electron chi connectivity index (χ3n) is 2.70. The molecular weight excluding hydrogens is 292 g/mol. The lowest BCUT2D eigenvalue weighted by molar-refractivity contribution is 0.167. The SMILES string of the molecule is Cc1ccccc1[C@@H](O)[C@](C)(Br)S(C)(=O)=O. The molecule has 0 fully saturated rings. The molecule has 0 saturated heterocycles. The second-order valence-electron chi connectivity index (χ2n) is 4.02. The van der Waals surface area contributed by atoms with Gasteiger partial charge in [-0.3, -0.25) is 0 Å². The average molecular weight is 307 g/mol. The molecule has 90 valence electrons. The Kier molecular flexibility index (Phi) is 3.82. The first-order chi connectivity index (χ1) is 7.18. The van der Waals surface area contributed by atoms with E-state index >= 15 is 0 Å². The van der Waals surface area contributed by atoms with Crippen molar-refractivity contribution in [2.24, 2.45) is 0 Å². The number of benzene rings is 1. The van der Waals surface area contributed by atoms with E-state index in [0.29, 0.717) is 5.56 Å². The van der Waals surface area contributed by atoms with Crippen LogP contribution in [-0.2, 0) is 9.84 Å². The van der Waals surface area contributed by atoms with Crippen molar-refractivity contribution in [3.05, 3.63) is 35.4 Å². The molecule has 0 aliphatic heterocycles. The topological polar surface area (TPSA) is 54.4 Å². The Balaban J connectivity index is 3.23. The maximum atomic E-state index is 11.6. The van der Waals surface area contributed by atoms with Gasteiger partial charge in [-0.05, 0) is 25.0 Å². The van der Waals surface area contributed by atoms with Crippen molar-refractivity contribution in [1.82, 2.24) is 0 Å². The molecule has 0 saturated carbocycles. The molecule has 0 amide bonds. The van der Waals surface area contributed by atoms with E-state index in [4.69, 9.17) is 0 Å². The zero-order valence-electron chi connectivity index (χ0n) is 9.44. The van der Waals surface area contributed by atoms with Crippen LogP contribution in [0.3, 0.4) is 0 Å². The fourth-order valence-corrected chi connectivity index (χ4v) is 2.15. The van der Waals surface area contributed by atoms with Gasteiger partial charge in [0.15, 0.2) is 13.5 Å². The zero-order chi connectivity index (χ0) is 12.6. The van der Waals surface area contributed by atoms with E-state index in [1.807, 2.05) is 19.1 Å². The number of alkyl halides is 1. The summed E-state index contributed by atoms with van der Waals surface area (Å²) in [6.45, 7) is 3.29. The Labute approximate surface area is 105 Å². The molecule has 3 nitrogen and oxygen atoms in total. The molecule has 0 aliphatic rings. The Morgan fingerprint density at radius 2 is 1.88 bits per heavy atom. The van der Waals surface area contributed by atoms with Crippen molar-refractivity contribution < 1.29 is 13.5 Å². The van der Waals surface area contributed by atoms with Crippen LogP contribution >= 0.6 is 15.9 Å². The average Bonchev–Trinajstić information content (AvgIpc) is 2.15. The lowest BCUT2D eigenvalue weighted by atomic mass is 10.0. The van der Waals surface area contributed by atoms with Gasteiger partial charge in [-0.15, -0.1) is 0 Å². The summed E-state index contributed by atoms with van der Waals surface area (Å²) in [5.41, 5.74) is 1.48. The van der Waals surface area contributed by atoms with Gasteiger partial charge >= 0.3 is 0 Å². The molecule has 1 rings (SSSR count). The van der Waals surface area contributed by atoms with Crippen LogP contribution < -0.4 is 0 Å². The monoisotopic (exact) mass is 306 g/mol. The molecule has 5 heteroatoms. The second-order valence-corrected chi connectivity index (χ2v) is 8.58. The quantitative estimate of drug-likeness (QED) is 0.871. The van der Waals surface area contributed by atoms with E-state index in [1.165, 1.54) is 6.92 Å². The minimum atomic E-state index is -3.40. The summed E-state index contributed by atoms with van der Waals surface area (Å²) in [7, 11) is -3.40.